The highest BCUT2D eigenvalue weighted by atomic mass is 79.9. The maximum absolute atomic E-state index is 13.4. The lowest BCUT2D eigenvalue weighted by Gasteiger charge is -2.27. The maximum Gasteiger partial charge on any atom is 0.305 e. The second kappa shape index (κ2) is 11.7. The molecule has 0 saturated carbocycles. The van der Waals surface area contributed by atoms with Gasteiger partial charge in [0.15, 0.2) is 5.60 Å². The molecular weight excluding hydrogens is 504 g/mol. The first-order chi connectivity index (χ1) is 16.3. The van der Waals surface area contributed by atoms with Crippen molar-refractivity contribution < 1.29 is 24.5 Å². The van der Waals surface area contributed by atoms with Crippen LogP contribution in [-0.2, 0) is 32.9 Å². The second-order valence-corrected chi connectivity index (χ2v) is 9.29. The molecule has 1 aromatic carbocycles. The minimum atomic E-state index is -1.68. The van der Waals surface area contributed by atoms with E-state index in [0.29, 0.717) is 56.4 Å². The Kier molecular flexibility index (Phi) is 8.98. The van der Waals surface area contributed by atoms with E-state index in [-0.39, 0.29) is 18.5 Å². The zero-order valence-electron chi connectivity index (χ0n) is 19.5. The van der Waals surface area contributed by atoms with Gasteiger partial charge in [0.25, 0.3) is 5.91 Å². The Bertz CT molecular complexity index is 1040. The van der Waals surface area contributed by atoms with Gasteiger partial charge in [0.05, 0.1) is 18.5 Å². The zero-order valence-corrected chi connectivity index (χ0v) is 21.1. The van der Waals surface area contributed by atoms with Gasteiger partial charge in [-0.05, 0) is 37.5 Å². The number of anilines is 1. The van der Waals surface area contributed by atoms with Crippen molar-refractivity contribution in [3.05, 3.63) is 52.3 Å². The highest BCUT2D eigenvalue weighted by Gasteiger charge is 2.52. The molecule has 1 amide bonds. The summed E-state index contributed by atoms with van der Waals surface area (Å²) in [6.07, 6.45) is 8.21. The number of hydrogen-bond acceptors (Lipinski definition) is 7. The number of unbranched alkanes of at least 4 members (excludes halogenated alkanes) is 1. The Balaban J connectivity index is 1.68. The molecular formula is C24H31BrN4O5. The highest BCUT2D eigenvalue weighted by Crippen LogP contribution is 2.46. The predicted octanol–water partition coefficient (Wildman–Crippen LogP) is 2.74. The summed E-state index contributed by atoms with van der Waals surface area (Å²) < 4.78 is 7.16. The molecule has 0 fully saturated rings. The van der Waals surface area contributed by atoms with Crippen LogP contribution in [0.25, 0.3) is 0 Å². The van der Waals surface area contributed by atoms with Gasteiger partial charge in [0.2, 0.25) is 0 Å². The van der Waals surface area contributed by atoms with Crippen LogP contribution in [0.1, 0.15) is 43.9 Å². The minimum Gasteiger partial charge on any atom is -0.469 e. The number of nitrogens with zero attached hydrogens (tertiary/aromatic N) is 4. The van der Waals surface area contributed by atoms with Crippen LogP contribution in [0.15, 0.2) is 41.0 Å². The molecule has 2 N–H and O–H groups in total. The molecule has 1 aromatic heterocycles. The molecule has 1 aliphatic heterocycles. The van der Waals surface area contributed by atoms with Crippen molar-refractivity contribution in [3.8, 4) is 0 Å². The zero-order chi connectivity index (χ0) is 24.7. The number of hydrogen-bond donors (Lipinski definition) is 2. The van der Waals surface area contributed by atoms with Gasteiger partial charge >= 0.3 is 5.97 Å². The van der Waals surface area contributed by atoms with Crippen LogP contribution < -0.4 is 4.90 Å². The number of rotatable bonds is 12. The lowest BCUT2D eigenvalue weighted by Crippen LogP contribution is -2.44. The predicted molar refractivity (Wildman–Crippen MR) is 130 cm³/mol. The van der Waals surface area contributed by atoms with E-state index in [1.807, 2.05) is 31.2 Å². The first-order valence-electron chi connectivity index (χ1n) is 11.4. The summed E-state index contributed by atoms with van der Waals surface area (Å²) in [5, 5.41) is 28.7. The van der Waals surface area contributed by atoms with Crippen molar-refractivity contribution in [2.75, 3.05) is 25.2 Å². The van der Waals surface area contributed by atoms with Gasteiger partial charge in [-0.2, -0.15) is 0 Å². The fourth-order valence-corrected chi connectivity index (χ4v) is 4.47. The van der Waals surface area contributed by atoms with Crippen molar-refractivity contribution in [2.24, 2.45) is 5.92 Å². The normalized spacial score (nSPS) is 18.5. The fourth-order valence-electron chi connectivity index (χ4n) is 4.11. The van der Waals surface area contributed by atoms with Crippen LogP contribution in [0, 0.1) is 5.92 Å². The molecule has 0 radical (unpaired) electrons. The topological polar surface area (TPSA) is 118 Å². The average molecular weight is 535 g/mol. The van der Waals surface area contributed by atoms with E-state index in [4.69, 9.17) is 5.11 Å². The first kappa shape index (κ1) is 26.1. The van der Waals surface area contributed by atoms with Gasteiger partial charge in [-0.1, -0.05) is 40.2 Å². The largest absolute Gasteiger partial charge is 0.469 e. The van der Waals surface area contributed by atoms with Crippen molar-refractivity contribution in [3.63, 3.8) is 0 Å². The van der Waals surface area contributed by atoms with Crippen LogP contribution in [-0.4, -0.2) is 57.3 Å². The van der Waals surface area contributed by atoms with E-state index in [1.165, 1.54) is 7.11 Å². The monoisotopic (exact) mass is 534 g/mol. The van der Waals surface area contributed by atoms with E-state index >= 15 is 0 Å². The smallest absolute Gasteiger partial charge is 0.305 e. The third-order valence-electron chi connectivity index (χ3n) is 6.03. The number of benzene rings is 1. The van der Waals surface area contributed by atoms with Crippen LogP contribution in [0.3, 0.4) is 0 Å². The van der Waals surface area contributed by atoms with Crippen LogP contribution in [0.5, 0.6) is 0 Å². The third-order valence-corrected chi connectivity index (χ3v) is 6.53. The summed E-state index contributed by atoms with van der Waals surface area (Å²) in [5.74, 6) is -1.10. The molecule has 2 aromatic rings. The molecule has 0 unspecified atom stereocenters. The van der Waals surface area contributed by atoms with Crippen molar-refractivity contribution in [2.45, 2.75) is 51.2 Å². The second-order valence-electron chi connectivity index (χ2n) is 8.37. The number of methoxy groups -OCH3 is 1. The molecule has 9 nitrogen and oxygen atoms in total. The summed E-state index contributed by atoms with van der Waals surface area (Å²) in [6.45, 7) is 2.87. The lowest BCUT2D eigenvalue weighted by atomic mass is 9.83. The average Bonchev–Trinajstić information content (AvgIpc) is 3.36. The third kappa shape index (κ3) is 5.73. The molecule has 184 valence electrons. The molecule has 0 aliphatic carbocycles. The van der Waals surface area contributed by atoms with Gasteiger partial charge in [-0.15, -0.1) is 5.10 Å². The number of carbonyl (C=O) groups excluding carboxylic acids is 2. The van der Waals surface area contributed by atoms with E-state index in [2.05, 4.69) is 31.0 Å². The number of aliphatic hydroxyl groups excluding tert-OH is 1. The van der Waals surface area contributed by atoms with Crippen LogP contribution in [0.2, 0.25) is 0 Å². The molecule has 0 bridgehead atoms. The fraction of sp³-hybridized carbons (Fsp3) is 0.500. The van der Waals surface area contributed by atoms with E-state index in [1.54, 1.807) is 21.8 Å². The summed E-state index contributed by atoms with van der Waals surface area (Å²) in [5.41, 5.74) is 0.314. The van der Waals surface area contributed by atoms with Crippen LogP contribution in [0.4, 0.5) is 5.69 Å². The number of amides is 1. The molecule has 10 heteroatoms. The van der Waals surface area contributed by atoms with Gasteiger partial charge in [-0.3, -0.25) is 14.3 Å². The Morgan fingerprint density at radius 1 is 1.32 bits per heavy atom. The Morgan fingerprint density at radius 2 is 2.12 bits per heavy atom. The first-order valence-corrected chi connectivity index (χ1v) is 12.2. The molecule has 2 heterocycles. The van der Waals surface area contributed by atoms with Gasteiger partial charge < -0.3 is 19.8 Å². The van der Waals surface area contributed by atoms with E-state index < -0.39 is 11.5 Å². The molecule has 0 saturated heterocycles. The standard InChI is InChI=1S/C24H31BrN4O5/c1-17(7-3-5-12-28-16-19(11-14-30)26-27-28)24(33)20-15-18(25)9-10-21(20)29(23(24)32)13-6-4-8-22(31)34-2/h3,7,9-10,15-17,30,33H,4-6,8,11-14H2,1-2H3/b7-3+/t17-,24+/m1/s1. The number of allylic oxidation sites excluding steroid dienone is 1. The SMILES string of the molecule is COC(=O)CCCCN1C(=O)[C@](O)([C@H](C)/C=C/CCn2cc(CCO)nn2)c2cc(Br)ccc21. The number of esters is 1. The number of fused-ring (bicyclic) bond motifs is 1. The molecule has 2 atom stereocenters. The maximum atomic E-state index is 13.4. The number of aliphatic hydroxyl groups is 2. The number of ether oxygens (including phenoxy) is 1. The number of halogens is 1. The minimum absolute atomic E-state index is 0.0304. The van der Waals surface area contributed by atoms with Gasteiger partial charge in [0.1, 0.15) is 0 Å². The summed E-state index contributed by atoms with van der Waals surface area (Å²) in [4.78, 5) is 26.4. The number of aromatic nitrogens is 3. The lowest BCUT2D eigenvalue weighted by molar-refractivity contribution is -0.140. The van der Waals surface area contributed by atoms with Crippen LogP contribution >= 0.6 is 15.9 Å². The van der Waals surface area contributed by atoms with Crippen molar-refractivity contribution in [1.82, 2.24) is 15.0 Å². The molecule has 1 aliphatic rings. The van der Waals surface area contributed by atoms with E-state index in [9.17, 15) is 14.7 Å². The Morgan fingerprint density at radius 3 is 2.85 bits per heavy atom. The Labute approximate surface area is 207 Å². The van der Waals surface area contributed by atoms with Crippen molar-refractivity contribution in [1.29, 1.82) is 0 Å². The quantitative estimate of drug-likeness (QED) is 0.244. The Hall–Kier alpha value is -2.56. The van der Waals surface area contributed by atoms with Gasteiger partial charge in [0, 0.05) is 54.7 Å². The van der Waals surface area contributed by atoms with Crippen molar-refractivity contribution >= 4 is 33.5 Å². The van der Waals surface area contributed by atoms with E-state index in [0.717, 1.165) is 10.2 Å². The van der Waals surface area contributed by atoms with Gasteiger partial charge in [-0.25, -0.2) is 0 Å². The summed E-state index contributed by atoms with van der Waals surface area (Å²) >= 11 is 3.45. The highest BCUT2D eigenvalue weighted by molar-refractivity contribution is 9.10. The molecule has 34 heavy (non-hydrogen) atoms. The summed E-state index contributed by atoms with van der Waals surface area (Å²) in [6, 6.07) is 5.48. The molecule has 0 spiro atoms. The molecule has 3 rings (SSSR count). The number of aryl methyl sites for hydroxylation is 1. The summed E-state index contributed by atoms with van der Waals surface area (Å²) in [7, 11) is 1.36. The number of carbonyl (C=O) groups is 2.